The Kier molecular flexibility index (Phi) is 6.22. The molecular weight excluding hydrogens is 230 g/mol. The van der Waals surface area contributed by atoms with Crippen molar-refractivity contribution in [2.45, 2.75) is 26.2 Å². The molecule has 0 aromatic heterocycles. The SMILES string of the molecule is COCCCCCNC(=O)c1ccc(O)c(C)c1. The van der Waals surface area contributed by atoms with Crippen molar-refractivity contribution in [2.75, 3.05) is 20.3 Å². The molecule has 0 spiro atoms. The molecule has 0 aliphatic rings. The Morgan fingerprint density at radius 2 is 2.11 bits per heavy atom. The van der Waals surface area contributed by atoms with E-state index in [0.29, 0.717) is 17.7 Å². The maximum atomic E-state index is 11.8. The number of carbonyl (C=O) groups excluding carboxylic acids is 1. The smallest absolute Gasteiger partial charge is 0.251 e. The zero-order valence-electron chi connectivity index (χ0n) is 11.0. The van der Waals surface area contributed by atoms with E-state index in [0.717, 1.165) is 25.9 Å². The Morgan fingerprint density at radius 1 is 1.33 bits per heavy atom. The largest absolute Gasteiger partial charge is 0.508 e. The lowest BCUT2D eigenvalue weighted by atomic mass is 10.1. The predicted molar refractivity (Wildman–Crippen MR) is 70.9 cm³/mol. The number of ether oxygens (including phenoxy) is 1. The number of phenols is 1. The number of hydrogen-bond donors (Lipinski definition) is 2. The third kappa shape index (κ3) is 4.75. The zero-order valence-corrected chi connectivity index (χ0v) is 11.0. The van der Waals surface area contributed by atoms with E-state index in [4.69, 9.17) is 4.74 Å². The molecule has 1 rings (SSSR count). The lowest BCUT2D eigenvalue weighted by Crippen LogP contribution is -2.24. The molecule has 2 N–H and O–H groups in total. The molecule has 1 aromatic rings. The van der Waals surface area contributed by atoms with Crippen LogP contribution in [0.3, 0.4) is 0 Å². The van der Waals surface area contributed by atoms with Crippen molar-refractivity contribution >= 4 is 5.91 Å². The second-order valence-electron chi connectivity index (χ2n) is 4.31. The fraction of sp³-hybridized carbons (Fsp3) is 0.500. The number of amides is 1. The Bertz CT molecular complexity index is 391. The normalized spacial score (nSPS) is 10.3. The molecule has 0 heterocycles. The van der Waals surface area contributed by atoms with Gasteiger partial charge in [0, 0.05) is 25.8 Å². The quantitative estimate of drug-likeness (QED) is 0.731. The summed E-state index contributed by atoms with van der Waals surface area (Å²) < 4.78 is 4.95. The van der Waals surface area contributed by atoms with E-state index in [9.17, 15) is 9.90 Å². The minimum Gasteiger partial charge on any atom is -0.508 e. The molecule has 4 nitrogen and oxygen atoms in total. The average Bonchev–Trinajstić information content (AvgIpc) is 2.36. The molecular formula is C14H21NO3. The summed E-state index contributed by atoms with van der Waals surface area (Å²) in [5, 5.41) is 12.2. The molecule has 0 bridgehead atoms. The van der Waals surface area contributed by atoms with Gasteiger partial charge in [-0.1, -0.05) is 0 Å². The van der Waals surface area contributed by atoms with E-state index in [1.54, 1.807) is 32.2 Å². The van der Waals surface area contributed by atoms with E-state index < -0.39 is 0 Å². The van der Waals surface area contributed by atoms with Gasteiger partial charge in [-0.3, -0.25) is 4.79 Å². The van der Waals surface area contributed by atoms with Crippen LogP contribution < -0.4 is 5.32 Å². The number of hydrogen-bond acceptors (Lipinski definition) is 3. The second-order valence-corrected chi connectivity index (χ2v) is 4.31. The van der Waals surface area contributed by atoms with E-state index in [2.05, 4.69) is 5.32 Å². The van der Waals surface area contributed by atoms with Crippen molar-refractivity contribution in [3.05, 3.63) is 29.3 Å². The van der Waals surface area contributed by atoms with E-state index in [1.165, 1.54) is 0 Å². The molecule has 0 saturated heterocycles. The maximum Gasteiger partial charge on any atom is 0.251 e. The van der Waals surface area contributed by atoms with Gasteiger partial charge in [0.1, 0.15) is 5.75 Å². The highest BCUT2D eigenvalue weighted by molar-refractivity contribution is 5.94. The lowest BCUT2D eigenvalue weighted by molar-refractivity contribution is 0.0952. The third-order valence-electron chi connectivity index (χ3n) is 2.77. The molecule has 0 aliphatic carbocycles. The highest BCUT2D eigenvalue weighted by atomic mass is 16.5. The Balaban J connectivity index is 2.30. The van der Waals surface area contributed by atoms with Crippen LogP contribution in [0.15, 0.2) is 18.2 Å². The number of rotatable bonds is 7. The van der Waals surface area contributed by atoms with Gasteiger partial charge in [0.25, 0.3) is 5.91 Å². The minimum atomic E-state index is -0.0927. The molecule has 1 amide bonds. The Hall–Kier alpha value is -1.55. The first-order valence-electron chi connectivity index (χ1n) is 6.22. The Morgan fingerprint density at radius 3 is 2.78 bits per heavy atom. The van der Waals surface area contributed by atoms with Crippen LogP contribution >= 0.6 is 0 Å². The number of unbranched alkanes of at least 4 members (excludes halogenated alkanes) is 2. The van der Waals surface area contributed by atoms with Gasteiger partial charge in [0.15, 0.2) is 0 Å². The van der Waals surface area contributed by atoms with Crippen LogP contribution in [0.25, 0.3) is 0 Å². The van der Waals surface area contributed by atoms with Crippen molar-refractivity contribution in [1.82, 2.24) is 5.32 Å². The van der Waals surface area contributed by atoms with Gasteiger partial charge in [0.2, 0.25) is 0 Å². The average molecular weight is 251 g/mol. The standard InChI is InChI=1S/C14H21NO3/c1-11-10-12(6-7-13(11)16)14(17)15-8-4-3-5-9-18-2/h6-7,10,16H,3-5,8-9H2,1-2H3,(H,15,17). The number of benzene rings is 1. The van der Waals surface area contributed by atoms with Gasteiger partial charge >= 0.3 is 0 Å². The van der Waals surface area contributed by atoms with Crippen molar-refractivity contribution in [3.63, 3.8) is 0 Å². The topological polar surface area (TPSA) is 58.6 Å². The summed E-state index contributed by atoms with van der Waals surface area (Å²) in [5.74, 6) is 0.121. The van der Waals surface area contributed by atoms with Crippen molar-refractivity contribution in [2.24, 2.45) is 0 Å². The third-order valence-corrected chi connectivity index (χ3v) is 2.77. The molecule has 1 aromatic carbocycles. The molecule has 0 saturated carbocycles. The van der Waals surface area contributed by atoms with Crippen molar-refractivity contribution < 1.29 is 14.6 Å². The van der Waals surface area contributed by atoms with E-state index >= 15 is 0 Å². The number of nitrogens with one attached hydrogen (secondary N) is 1. The molecule has 0 radical (unpaired) electrons. The highest BCUT2D eigenvalue weighted by Gasteiger charge is 2.06. The van der Waals surface area contributed by atoms with Crippen LogP contribution in [0, 0.1) is 6.92 Å². The van der Waals surface area contributed by atoms with Gasteiger partial charge in [-0.2, -0.15) is 0 Å². The van der Waals surface area contributed by atoms with Crippen LogP contribution in [0.1, 0.15) is 35.2 Å². The van der Waals surface area contributed by atoms with Crippen LogP contribution in [-0.4, -0.2) is 31.3 Å². The summed E-state index contributed by atoms with van der Waals surface area (Å²) in [4.78, 5) is 11.8. The monoisotopic (exact) mass is 251 g/mol. The fourth-order valence-electron chi connectivity index (χ4n) is 1.65. The first-order valence-corrected chi connectivity index (χ1v) is 6.22. The molecule has 0 aliphatic heterocycles. The molecule has 0 atom stereocenters. The summed E-state index contributed by atoms with van der Waals surface area (Å²) in [6.07, 6.45) is 3.01. The first kappa shape index (κ1) is 14.5. The summed E-state index contributed by atoms with van der Waals surface area (Å²) >= 11 is 0. The van der Waals surface area contributed by atoms with Gasteiger partial charge < -0.3 is 15.2 Å². The van der Waals surface area contributed by atoms with Crippen LogP contribution in [0.4, 0.5) is 0 Å². The zero-order chi connectivity index (χ0) is 13.4. The lowest BCUT2D eigenvalue weighted by Gasteiger charge is -2.06. The number of aromatic hydroxyl groups is 1. The van der Waals surface area contributed by atoms with Crippen LogP contribution in [0.2, 0.25) is 0 Å². The second kappa shape index (κ2) is 7.71. The predicted octanol–water partition coefficient (Wildman–Crippen LogP) is 2.25. The summed E-state index contributed by atoms with van der Waals surface area (Å²) in [5.41, 5.74) is 1.30. The summed E-state index contributed by atoms with van der Waals surface area (Å²) in [6, 6.07) is 4.86. The van der Waals surface area contributed by atoms with Crippen molar-refractivity contribution in [1.29, 1.82) is 0 Å². The number of methoxy groups -OCH3 is 1. The maximum absolute atomic E-state index is 11.8. The number of aryl methyl sites for hydroxylation is 1. The van der Waals surface area contributed by atoms with Crippen molar-refractivity contribution in [3.8, 4) is 5.75 Å². The van der Waals surface area contributed by atoms with Gasteiger partial charge in [0.05, 0.1) is 0 Å². The summed E-state index contributed by atoms with van der Waals surface area (Å²) in [7, 11) is 1.69. The van der Waals surface area contributed by atoms with Gasteiger partial charge in [-0.15, -0.1) is 0 Å². The molecule has 18 heavy (non-hydrogen) atoms. The number of carbonyl (C=O) groups is 1. The fourth-order valence-corrected chi connectivity index (χ4v) is 1.65. The summed E-state index contributed by atoms with van der Waals surface area (Å²) in [6.45, 7) is 3.21. The van der Waals surface area contributed by atoms with E-state index in [1.807, 2.05) is 0 Å². The number of phenolic OH excluding ortho intramolecular Hbond substituents is 1. The Labute approximate surface area is 108 Å². The van der Waals surface area contributed by atoms with Gasteiger partial charge in [-0.25, -0.2) is 0 Å². The van der Waals surface area contributed by atoms with Crippen LogP contribution in [-0.2, 0) is 4.74 Å². The first-order chi connectivity index (χ1) is 8.65. The minimum absolute atomic E-state index is 0.0927. The molecule has 0 fully saturated rings. The molecule has 0 unspecified atom stereocenters. The molecule has 100 valence electrons. The molecule has 4 heteroatoms. The van der Waals surface area contributed by atoms with E-state index in [-0.39, 0.29) is 11.7 Å². The van der Waals surface area contributed by atoms with Gasteiger partial charge in [-0.05, 0) is 49.9 Å². The highest BCUT2D eigenvalue weighted by Crippen LogP contribution is 2.16. The van der Waals surface area contributed by atoms with Crippen LogP contribution in [0.5, 0.6) is 5.75 Å².